The average molecular weight is 322 g/mol. The summed E-state index contributed by atoms with van der Waals surface area (Å²) >= 11 is 0. The van der Waals surface area contributed by atoms with Gasteiger partial charge in [-0.3, -0.25) is 9.48 Å². The van der Waals surface area contributed by atoms with Gasteiger partial charge in [0, 0.05) is 37.5 Å². The van der Waals surface area contributed by atoms with Crippen molar-refractivity contribution in [3.8, 4) is 0 Å². The maximum Gasteiger partial charge on any atom is 0.252 e. The molecule has 3 aromatic rings. The molecule has 1 unspecified atom stereocenters. The van der Waals surface area contributed by atoms with E-state index >= 15 is 0 Å². The van der Waals surface area contributed by atoms with Gasteiger partial charge in [0.1, 0.15) is 5.76 Å². The van der Waals surface area contributed by atoms with Crippen LogP contribution < -0.4 is 0 Å². The zero-order chi connectivity index (χ0) is 16.5. The molecule has 0 N–H and O–H groups in total. The Morgan fingerprint density at radius 3 is 2.67 bits per heavy atom. The number of nitrogens with zero attached hydrogens (tertiary/aromatic N) is 4. The number of carbonyl (C=O) groups excluding carboxylic acids is 1. The number of hydrogen-bond donors (Lipinski definition) is 0. The number of rotatable bonds is 4. The molecule has 1 aromatic carbocycles. The zero-order valence-electron chi connectivity index (χ0n) is 13.4. The van der Waals surface area contributed by atoms with Gasteiger partial charge in [0.15, 0.2) is 6.04 Å². The summed E-state index contributed by atoms with van der Waals surface area (Å²) in [5.41, 5.74) is 1.86. The van der Waals surface area contributed by atoms with Crippen LogP contribution in [0.25, 0.3) is 0 Å². The summed E-state index contributed by atoms with van der Waals surface area (Å²) in [6.07, 6.45) is 3.52. The topological polar surface area (TPSA) is 64.2 Å². The van der Waals surface area contributed by atoms with Gasteiger partial charge in [-0.05, 0) is 18.6 Å². The van der Waals surface area contributed by atoms with Gasteiger partial charge in [-0.25, -0.2) is 0 Å². The van der Waals surface area contributed by atoms with Crippen LogP contribution in [0.15, 0.2) is 59.4 Å². The van der Waals surface area contributed by atoms with E-state index in [1.807, 2.05) is 60.5 Å². The summed E-state index contributed by atoms with van der Waals surface area (Å²) in [6.45, 7) is 3.20. The molecule has 4 rings (SSSR count). The van der Waals surface area contributed by atoms with Crippen LogP contribution in [0.3, 0.4) is 0 Å². The van der Waals surface area contributed by atoms with E-state index in [4.69, 9.17) is 4.52 Å². The monoisotopic (exact) mass is 322 g/mol. The van der Waals surface area contributed by atoms with Gasteiger partial charge in [0.25, 0.3) is 5.91 Å². The summed E-state index contributed by atoms with van der Waals surface area (Å²) in [5, 5.41) is 8.33. The van der Waals surface area contributed by atoms with Crippen molar-refractivity contribution in [2.24, 2.45) is 0 Å². The van der Waals surface area contributed by atoms with Gasteiger partial charge >= 0.3 is 0 Å². The first-order chi connectivity index (χ1) is 11.7. The number of aromatic nitrogens is 3. The molecule has 2 aromatic heterocycles. The standard InChI is InChI=1S/C18H18N4O2/c1-13-10-16(20-24-13)15-11-21(12-15)18(23)17(22-9-5-8-19-22)14-6-3-2-4-7-14/h2-10,15,17H,11-12H2,1H3. The molecular formula is C18H18N4O2. The van der Waals surface area contributed by atoms with Crippen LogP contribution in [0.4, 0.5) is 0 Å². The lowest BCUT2D eigenvalue weighted by atomic mass is 9.94. The van der Waals surface area contributed by atoms with E-state index in [-0.39, 0.29) is 11.8 Å². The Morgan fingerprint density at radius 1 is 1.25 bits per heavy atom. The average Bonchev–Trinajstić information content (AvgIpc) is 3.20. The second kappa shape index (κ2) is 5.96. The lowest BCUT2D eigenvalue weighted by Crippen LogP contribution is -2.51. The van der Waals surface area contributed by atoms with Crippen LogP contribution in [0.5, 0.6) is 0 Å². The van der Waals surface area contributed by atoms with Crippen LogP contribution in [0, 0.1) is 6.92 Å². The van der Waals surface area contributed by atoms with Crippen molar-refractivity contribution in [1.29, 1.82) is 0 Å². The molecular weight excluding hydrogens is 304 g/mol. The third-order valence-electron chi connectivity index (χ3n) is 4.40. The fourth-order valence-electron chi connectivity index (χ4n) is 3.07. The van der Waals surface area contributed by atoms with Crippen LogP contribution in [0.1, 0.15) is 29.0 Å². The Hall–Kier alpha value is -2.89. The van der Waals surface area contributed by atoms with E-state index in [1.165, 1.54) is 0 Å². The maximum atomic E-state index is 13.0. The number of aryl methyl sites for hydroxylation is 1. The predicted molar refractivity (Wildman–Crippen MR) is 87.4 cm³/mol. The van der Waals surface area contributed by atoms with Gasteiger partial charge in [0.05, 0.1) is 5.69 Å². The molecule has 6 heteroatoms. The molecule has 1 saturated heterocycles. The molecule has 3 heterocycles. The number of benzene rings is 1. The first kappa shape index (κ1) is 14.7. The van der Waals surface area contributed by atoms with E-state index in [1.54, 1.807) is 10.9 Å². The molecule has 0 spiro atoms. The number of amides is 1. The third-order valence-corrected chi connectivity index (χ3v) is 4.40. The quantitative estimate of drug-likeness (QED) is 0.740. The lowest BCUT2D eigenvalue weighted by Gasteiger charge is -2.40. The minimum absolute atomic E-state index is 0.0568. The van der Waals surface area contributed by atoms with E-state index in [0.29, 0.717) is 13.1 Å². The molecule has 1 aliphatic heterocycles. The molecule has 0 radical (unpaired) electrons. The molecule has 24 heavy (non-hydrogen) atoms. The van der Waals surface area contributed by atoms with Crippen molar-refractivity contribution < 1.29 is 9.32 Å². The summed E-state index contributed by atoms with van der Waals surface area (Å²) in [5.74, 6) is 1.11. The molecule has 1 atom stereocenters. The van der Waals surface area contributed by atoms with Gasteiger partial charge in [-0.1, -0.05) is 35.5 Å². The fraction of sp³-hybridized carbons (Fsp3) is 0.278. The van der Waals surface area contributed by atoms with Crippen molar-refractivity contribution in [2.45, 2.75) is 18.9 Å². The van der Waals surface area contributed by atoms with Crippen molar-refractivity contribution >= 4 is 5.91 Å². The minimum Gasteiger partial charge on any atom is -0.361 e. The molecule has 122 valence electrons. The van der Waals surface area contributed by atoms with Gasteiger partial charge < -0.3 is 9.42 Å². The lowest BCUT2D eigenvalue weighted by molar-refractivity contribution is -0.138. The second-order valence-corrected chi connectivity index (χ2v) is 6.10. The molecule has 1 fully saturated rings. The highest BCUT2D eigenvalue weighted by Gasteiger charge is 2.38. The SMILES string of the molecule is Cc1cc(C2CN(C(=O)C(c3ccccc3)n3cccn3)C2)no1. The Balaban J connectivity index is 1.53. The first-order valence-electron chi connectivity index (χ1n) is 7.98. The molecule has 1 aliphatic rings. The molecule has 0 saturated carbocycles. The van der Waals surface area contributed by atoms with Gasteiger partial charge in [-0.2, -0.15) is 5.10 Å². The Labute approximate surface area is 139 Å². The number of likely N-dealkylation sites (tertiary alicyclic amines) is 1. The molecule has 1 amide bonds. The summed E-state index contributed by atoms with van der Waals surface area (Å²) in [7, 11) is 0. The molecule has 6 nitrogen and oxygen atoms in total. The Kier molecular flexibility index (Phi) is 3.65. The van der Waals surface area contributed by atoms with Crippen molar-refractivity contribution in [1.82, 2.24) is 19.8 Å². The normalized spacial score (nSPS) is 16.0. The second-order valence-electron chi connectivity index (χ2n) is 6.10. The van der Waals surface area contributed by atoms with Crippen molar-refractivity contribution in [3.05, 3.63) is 71.9 Å². The first-order valence-corrected chi connectivity index (χ1v) is 7.98. The van der Waals surface area contributed by atoms with Crippen molar-refractivity contribution in [2.75, 3.05) is 13.1 Å². The predicted octanol–water partition coefficient (Wildman–Crippen LogP) is 2.39. The largest absolute Gasteiger partial charge is 0.361 e. The summed E-state index contributed by atoms with van der Waals surface area (Å²) in [4.78, 5) is 14.9. The van der Waals surface area contributed by atoms with Crippen molar-refractivity contribution in [3.63, 3.8) is 0 Å². The third kappa shape index (κ3) is 2.60. The maximum absolute atomic E-state index is 13.0. The number of hydrogen-bond acceptors (Lipinski definition) is 4. The van der Waals surface area contributed by atoms with E-state index < -0.39 is 6.04 Å². The van der Waals surface area contributed by atoms with E-state index in [9.17, 15) is 4.79 Å². The molecule has 0 bridgehead atoms. The number of carbonyl (C=O) groups is 1. The van der Waals surface area contributed by atoms with Gasteiger partial charge in [-0.15, -0.1) is 0 Å². The minimum atomic E-state index is -0.429. The molecule has 0 aliphatic carbocycles. The Morgan fingerprint density at radius 2 is 2.04 bits per heavy atom. The zero-order valence-corrected chi connectivity index (χ0v) is 13.4. The summed E-state index contributed by atoms with van der Waals surface area (Å²) in [6, 6.07) is 13.1. The smallest absolute Gasteiger partial charge is 0.252 e. The fourth-order valence-corrected chi connectivity index (χ4v) is 3.07. The summed E-state index contributed by atoms with van der Waals surface area (Å²) < 4.78 is 6.84. The van der Waals surface area contributed by atoms with Crippen LogP contribution in [-0.4, -0.2) is 38.8 Å². The van der Waals surface area contributed by atoms with Crippen LogP contribution in [0.2, 0.25) is 0 Å². The van der Waals surface area contributed by atoms with Crippen LogP contribution in [-0.2, 0) is 4.79 Å². The highest BCUT2D eigenvalue weighted by atomic mass is 16.5. The van der Waals surface area contributed by atoms with E-state index in [2.05, 4.69) is 10.3 Å². The Bertz CT molecular complexity index is 820. The highest BCUT2D eigenvalue weighted by Crippen LogP contribution is 2.30. The van der Waals surface area contributed by atoms with Crippen LogP contribution >= 0.6 is 0 Å². The highest BCUT2D eigenvalue weighted by molar-refractivity contribution is 5.84. The van der Waals surface area contributed by atoms with E-state index in [0.717, 1.165) is 17.0 Å². The van der Waals surface area contributed by atoms with Gasteiger partial charge in [0.2, 0.25) is 0 Å².